The minimum Gasteiger partial charge on any atom is -0.493 e. The second-order valence-corrected chi connectivity index (χ2v) is 8.12. The van der Waals surface area contributed by atoms with Crippen LogP contribution in [0.15, 0.2) is 23.1 Å². The summed E-state index contributed by atoms with van der Waals surface area (Å²) in [5.41, 5.74) is 0.430. The van der Waals surface area contributed by atoms with Crippen LogP contribution in [0, 0.1) is 11.8 Å². The van der Waals surface area contributed by atoms with Crippen molar-refractivity contribution in [2.45, 2.75) is 40.2 Å². The highest BCUT2D eigenvalue weighted by atomic mass is 16.5. The molecule has 0 spiro atoms. The Hall–Kier alpha value is -2.50. The van der Waals surface area contributed by atoms with Crippen molar-refractivity contribution in [3.63, 3.8) is 0 Å². The van der Waals surface area contributed by atoms with Crippen LogP contribution in [0.3, 0.4) is 0 Å². The van der Waals surface area contributed by atoms with Gasteiger partial charge in [0.25, 0.3) is 11.5 Å². The first-order valence-electron chi connectivity index (χ1n) is 9.94. The monoisotopic (exact) mass is 386 g/mol. The molecular formula is C22H30N2O4. The summed E-state index contributed by atoms with van der Waals surface area (Å²) in [7, 11) is 3.09. The molecule has 0 aliphatic carbocycles. The molecule has 1 aliphatic rings. The number of carbonyl (C=O) groups is 1. The van der Waals surface area contributed by atoms with E-state index in [1.165, 1.54) is 0 Å². The van der Waals surface area contributed by atoms with Gasteiger partial charge in [-0.3, -0.25) is 9.59 Å². The second kappa shape index (κ2) is 8.25. The van der Waals surface area contributed by atoms with E-state index in [1.807, 2.05) is 4.90 Å². The standard InChI is InChI=1S/C22H30N2O4/c1-14(2)12-24-13-18(22(26)23-8-6-15(3)7-9-23)16-10-19(27-4)20(28-5)11-17(16)21(24)25/h10-11,13-15H,6-9,12H2,1-5H3. The van der Waals surface area contributed by atoms with Gasteiger partial charge in [0.15, 0.2) is 11.5 Å². The fourth-order valence-electron chi connectivity index (χ4n) is 3.80. The van der Waals surface area contributed by atoms with Gasteiger partial charge in [-0.2, -0.15) is 0 Å². The third-order valence-corrected chi connectivity index (χ3v) is 5.45. The first-order valence-corrected chi connectivity index (χ1v) is 9.94. The highest BCUT2D eigenvalue weighted by Crippen LogP contribution is 2.33. The van der Waals surface area contributed by atoms with Crippen molar-refractivity contribution in [2.75, 3.05) is 27.3 Å². The Balaban J connectivity index is 2.19. The largest absolute Gasteiger partial charge is 0.493 e. The molecule has 0 atom stereocenters. The molecule has 1 fully saturated rings. The van der Waals surface area contributed by atoms with Crippen LogP contribution in [0.1, 0.15) is 44.0 Å². The molecule has 1 amide bonds. The topological polar surface area (TPSA) is 60.8 Å². The summed E-state index contributed by atoms with van der Waals surface area (Å²) < 4.78 is 12.4. The zero-order valence-electron chi connectivity index (χ0n) is 17.4. The van der Waals surface area contributed by atoms with Gasteiger partial charge in [0.1, 0.15) is 0 Å². The van der Waals surface area contributed by atoms with E-state index in [1.54, 1.807) is 37.1 Å². The first kappa shape index (κ1) is 20.2. The quantitative estimate of drug-likeness (QED) is 0.788. The summed E-state index contributed by atoms with van der Waals surface area (Å²) in [5.74, 6) is 1.90. The Labute approximate surface area is 166 Å². The number of ether oxygens (including phenoxy) is 2. The lowest BCUT2D eigenvalue weighted by Gasteiger charge is -2.31. The van der Waals surface area contributed by atoms with Gasteiger partial charge in [0, 0.05) is 31.2 Å². The molecule has 6 heteroatoms. The number of fused-ring (bicyclic) bond motifs is 1. The molecule has 0 unspecified atom stereocenters. The van der Waals surface area contributed by atoms with Gasteiger partial charge < -0.3 is 18.9 Å². The van der Waals surface area contributed by atoms with Crippen molar-refractivity contribution < 1.29 is 14.3 Å². The Morgan fingerprint density at radius 2 is 1.68 bits per heavy atom. The number of hydrogen-bond donors (Lipinski definition) is 0. The Kier molecular flexibility index (Phi) is 5.96. The van der Waals surface area contributed by atoms with Crippen molar-refractivity contribution >= 4 is 16.7 Å². The smallest absolute Gasteiger partial charge is 0.258 e. The SMILES string of the molecule is COc1cc2c(C(=O)N3CCC(C)CC3)cn(CC(C)C)c(=O)c2cc1OC. The number of piperidine rings is 1. The molecule has 6 nitrogen and oxygen atoms in total. The van der Waals surface area contributed by atoms with Crippen LogP contribution < -0.4 is 15.0 Å². The van der Waals surface area contributed by atoms with Crippen molar-refractivity contribution in [3.05, 3.63) is 34.2 Å². The number of nitrogens with zero attached hydrogens (tertiary/aromatic N) is 2. The van der Waals surface area contributed by atoms with Crippen LogP contribution in [-0.2, 0) is 6.54 Å². The number of amides is 1. The fraction of sp³-hybridized carbons (Fsp3) is 0.545. The molecule has 1 aromatic carbocycles. The predicted octanol–water partition coefficient (Wildman–Crippen LogP) is 3.55. The van der Waals surface area contributed by atoms with Crippen LogP contribution in [0.2, 0.25) is 0 Å². The molecule has 1 saturated heterocycles. The molecule has 0 bridgehead atoms. The lowest BCUT2D eigenvalue weighted by atomic mass is 9.98. The summed E-state index contributed by atoms with van der Waals surface area (Å²) in [6.45, 7) is 8.38. The lowest BCUT2D eigenvalue weighted by Crippen LogP contribution is -2.38. The van der Waals surface area contributed by atoms with Crippen LogP contribution in [0.5, 0.6) is 11.5 Å². The summed E-state index contributed by atoms with van der Waals surface area (Å²) in [6, 6.07) is 3.43. The van der Waals surface area contributed by atoms with Crippen LogP contribution in [0.25, 0.3) is 10.8 Å². The van der Waals surface area contributed by atoms with Gasteiger partial charge in [-0.15, -0.1) is 0 Å². The number of rotatable bonds is 5. The van der Waals surface area contributed by atoms with Crippen LogP contribution in [0.4, 0.5) is 0 Å². The highest BCUT2D eigenvalue weighted by molar-refractivity contribution is 6.07. The van der Waals surface area contributed by atoms with Gasteiger partial charge in [-0.25, -0.2) is 0 Å². The molecule has 28 heavy (non-hydrogen) atoms. The van der Waals surface area contributed by atoms with Crippen molar-refractivity contribution in [1.29, 1.82) is 0 Å². The summed E-state index contributed by atoms with van der Waals surface area (Å²) in [6.07, 6.45) is 3.73. The number of methoxy groups -OCH3 is 2. The van der Waals surface area contributed by atoms with Crippen LogP contribution in [-0.4, -0.2) is 42.7 Å². The van der Waals surface area contributed by atoms with Crippen molar-refractivity contribution in [2.24, 2.45) is 11.8 Å². The number of hydrogen-bond acceptors (Lipinski definition) is 4. The van der Waals surface area contributed by atoms with E-state index >= 15 is 0 Å². The Morgan fingerprint density at radius 1 is 1.11 bits per heavy atom. The molecule has 152 valence electrons. The molecule has 0 radical (unpaired) electrons. The maximum atomic E-state index is 13.4. The molecule has 0 N–H and O–H groups in total. The zero-order valence-corrected chi connectivity index (χ0v) is 17.4. The average Bonchev–Trinajstić information content (AvgIpc) is 2.68. The number of aromatic nitrogens is 1. The number of benzene rings is 1. The maximum absolute atomic E-state index is 13.4. The maximum Gasteiger partial charge on any atom is 0.258 e. The number of carbonyl (C=O) groups excluding carboxylic acids is 1. The minimum absolute atomic E-state index is 0.0263. The molecule has 1 aliphatic heterocycles. The third kappa shape index (κ3) is 3.86. The summed E-state index contributed by atoms with van der Waals surface area (Å²) >= 11 is 0. The van der Waals surface area contributed by atoms with E-state index in [9.17, 15) is 9.59 Å². The summed E-state index contributed by atoms with van der Waals surface area (Å²) in [4.78, 5) is 28.3. The van der Waals surface area contributed by atoms with Gasteiger partial charge in [-0.1, -0.05) is 20.8 Å². The van der Waals surface area contributed by atoms with E-state index in [2.05, 4.69) is 20.8 Å². The van der Waals surface area contributed by atoms with E-state index in [4.69, 9.17) is 9.47 Å². The van der Waals surface area contributed by atoms with E-state index in [0.717, 1.165) is 25.9 Å². The van der Waals surface area contributed by atoms with Crippen molar-refractivity contribution in [3.8, 4) is 11.5 Å². The molecule has 3 rings (SSSR count). The van der Waals surface area contributed by atoms with Crippen LogP contribution >= 0.6 is 0 Å². The molecule has 2 heterocycles. The number of pyridine rings is 1. The van der Waals surface area contributed by atoms with Crippen molar-refractivity contribution in [1.82, 2.24) is 9.47 Å². The second-order valence-electron chi connectivity index (χ2n) is 8.12. The van der Waals surface area contributed by atoms with E-state index < -0.39 is 0 Å². The average molecular weight is 386 g/mol. The minimum atomic E-state index is -0.117. The Bertz CT molecular complexity index is 924. The molecule has 2 aromatic rings. The molecule has 1 aromatic heterocycles. The third-order valence-electron chi connectivity index (χ3n) is 5.45. The van der Waals surface area contributed by atoms with E-state index in [0.29, 0.717) is 40.3 Å². The zero-order chi connectivity index (χ0) is 20.4. The molecule has 0 saturated carbocycles. The van der Waals surface area contributed by atoms with Gasteiger partial charge in [0.05, 0.1) is 25.2 Å². The van der Waals surface area contributed by atoms with E-state index in [-0.39, 0.29) is 17.4 Å². The lowest BCUT2D eigenvalue weighted by molar-refractivity contribution is 0.0698. The first-order chi connectivity index (χ1) is 13.3. The normalized spacial score (nSPS) is 15.3. The highest BCUT2D eigenvalue weighted by Gasteiger charge is 2.25. The fourth-order valence-corrected chi connectivity index (χ4v) is 3.80. The van der Waals surface area contributed by atoms with Gasteiger partial charge in [-0.05, 0) is 36.8 Å². The number of likely N-dealkylation sites (tertiary alicyclic amines) is 1. The van der Waals surface area contributed by atoms with Gasteiger partial charge in [0.2, 0.25) is 0 Å². The Morgan fingerprint density at radius 3 is 2.21 bits per heavy atom. The predicted molar refractivity (Wildman–Crippen MR) is 110 cm³/mol. The molecular weight excluding hydrogens is 356 g/mol. The summed E-state index contributed by atoms with van der Waals surface area (Å²) in [5, 5.41) is 1.10. The van der Waals surface area contributed by atoms with Gasteiger partial charge >= 0.3 is 0 Å².